The lowest BCUT2D eigenvalue weighted by molar-refractivity contribution is -0.385. The first-order valence-corrected chi connectivity index (χ1v) is 7.50. The van der Waals surface area contributed by atoms with Gasteiger partial charge in [-0.15, -0.1) is 0 Å². The molecule has 0 bridgehead atoms. The van der Waals surface area contributed by atoms with Gasteiger partial charge in [0, 0.05) is 19.2 Å². The third-order valence-electron chi connectivity index (χ3n) is 3.98. The Hall–Kier alpha value is -1.69. The van der Waals surface area contributed by atoms with Gasteiger partial charge in [0.05, 0.1) is 10.5 Å². The molecule has 1 atom stereocenters. The maximum absolute atomic E-state index is 12.5. The van der Waals surface area contributed by atoms with Crippen LogP contribution in [-0.2, 0) is 0 Å². The molecule has 1 amide bonds. The van der Waals surface area contributed by atoms with Crippen LogP contribution in [0, 0.1) is 16.0 Å². The lowest BCUT2D eigenvalue weighted by Crippen LogP contribution is -2.32. The molecule has 0 aliphatic carbocycles. The number of likely N-dealkylation sites (tertiary alicyclic amines) is 1. The standard InChI is InChI=1S/C14H18ClN3O3/c1-2-10-4-3-6-17(7-5-10)14(19)12-8-11(18(20)21)9-16-13(12)15/h8-10H,2-7H2,1H3. The number of halogens is 1. The van der Waals surface area contributed by atoms with Crippen molar-refractivity contribution in [3.05, 3.63) is 33.1 Å². The molecule has 0 N–H and O–H groups in total. The summed E-state index contributed by atoms with van der Waals surface area (Å²) in [7, 11) is 0. The lowest BCUT2D eigenvalue weighted by Gasteiger charge is -2.20. The summed E-state index contributed by atoms with van der Waals surface area (Å²) in [4.78, 5) is 28.2. The fourth-order valence-electron chi connectivity index (χ4n) is 2.63. The van der Waals surface area contributed by atoms with Crippen LogP contribution < -0.4 is 0 Å². The molecule has 1 aromatic heterocycles. The van der Waals surface area contributed by atoms with Crippen LogP contribution in [0.5, 0.6) is 0 Å². The van der Waals surface area contributed by atoms with Crippen molar-refractivity contribution in [1.29, 1.82) is 0 Å². The van der Waals surface area contributed by atoms with Crippen molar-refractivity contribution in [1.82, 2.24) is 9.88 Å². The van der Waals surface area contributed by atoms with E-state index in [0.29, 0.717) is 19.0 Å². The highest BCUT2D eigenvalue weighted by molar-refractivity contribution is 6.32. The number of carbonyl (C=O) groups excluding carboxylic acids is 1. The van der Waals surface area contributed by atoms with E-state index in [9.17, 15) is 14.9 Å². The summed E-state index contributed by atoms with van der Waals surface area (Å²) in [6.07, 6.45) is 5.20. The summed E-state index contributed by atoms with van der Waals surface area (Å²) >= 11 is 5.93. The van der Waals surface area contributed by atoms with Gasteiger partial charge < -0.3 is 4.90 Å². The third kappa shape index (κ3) is 3.69. The summed E-state index contributed by atoms with van der Waals surface area (Å²) in [6, 6.07) is 1.21. The summed E-state index contributed by atoms with van der Waals surface area (Å²) in [6.45, 7) is 3.48. The summed E-state index contributed by atoms with van der Waals surface area (Å²) < 4.78 is 0. The molecule has 1 aromatic rings. The van der Waals surface area contributed by atoms with Crippen LogP contribution in [0.15, 0.2) is 12.3 Å². The first kappa shape index (κ1) is 15.7. The summed E-state index contributed by atoms with van der Waals surface area (Å²) in [5, 5.41) is 10.8. The first-order chi connectivity index (χ1) is 10.0. The van der Waals surface area contributed by atoms with Crippen molar-refractivity contribution in [2.75, 3.05) is 13.1 Å². The Morgan fingerprint density at radius 1 is 1.52 bits per heavy atom. The number of amides is 1. The fourth-order valence-corrected chi connectivity index (χ4v) is 2.82. The minimum absolute atomic E-state index is 0.0156. The van der Waals surface area contributed by atoms with E-state index in [0.717, 1.165) is 31.9 Å². The minimum Gasteiger partial charge on any atom is -0.339 e. The number of pyridine rings is 1. The molecule has 21 heavy (non-hydrogen) atoms. The van der Waals surface area contributed by atoms with Gasteiger partial charge in [-0.1, -0.05) is 24.9 Å². The number of hydrogen-bond acceptors (Lipinski definition) is 4. The molecule has 2 heterocycles. The Labute approximate surface area is 128 Å². The van der Waals surface area contributed by atoms with E-state index in [2.05, 4.69) is 11.9 Å². The molecular formula is C14H18ClN3O3. The molecule has 1 aliphatic rings. The quantitative estimate of drug-likeness (QED) is 0.487. The minimum atomic E-state index is -0.574. The zero-order chi connectivity index (χ0) is 15.4. The zero-order valence-electron chi connectivity index (χ0n) is 11.9. The number of nitrogens with zero attached hydrogens (tertiary/aromatic N) is 3. The molecule has 0 spiro atoms. The number of rotatable bonds is 3. The Bertz CT molecular complexity index is 550. The monoisotopic (exact) mass is 311 g/mol. The van der Waals surface area contributed by atoms with Gasteiger partial charge in [0.1, 0.15) is 11.3 Å². The van der Waals surface area contributed by atoms with Gasteiger partial charge in [-0.25, -0.2) is 4.98 Å². The van der Waals surface area contributed by atoms with Gasteiger partial charge in [0.15, 0.2) is 0 Å². The van der Waals surface area contributed by atoms with Crippen molar-refractivity contribution in [2.24, 2.45) is 5.92 Å². The van der Waals surface area contributed by atoms with E-state index >= 15 is 0 Å². The lowest BCUT2D eigenvalue weighted by atomic mass is 9.98. The molecule has 0 aromatic carbocycles. The van der Waals surface area contributed by atoms with Crippen LogP contribution in [0.4, 0.5) is 5.69 Å². The number of hydrogen-bond donors (Lipinski definition) is 0. The molecule has 1 unspecified atom stereocenters. The van der Waals surface area contributed by atoms with Crippen molar-refractivity contribution in [3.63, 3.8) is 0 Å². The second kappa shape index (κ2) is 6.85. The van der Waals surface area contributed by atoms with Crippen LogP contribution in [0.2, 0.25) is 5.15 Å². The summed E-state index contributed by atoms with van der Waals surface area (Å²) in [5.41, 5.74) is -0.107. The molecule has 6 nitrogen and oxygen atoms in total. The van der Waals surface area contributed by atoms with Crippen LogP contribution in [-0.4, -0.2) is 33.8 Å². The highest BCUT2D eigenvalue weighted by Gasteiger charge is 2.24. The van der Waals surface area contributed by atoms with Crippen molar-refractivity contribution >= 4 is 23.2 Å². The first-order valence-electron chi connectivity index (χ1n) is 7.12. The average molecular weight is 312 g/mol. The van der Waals surface area contributed by atoms with Gasteiger partial charge in [0.2, 0.25) is 0 Å². The predicted octanol–water partition coefficient (Wildman–Crippen LogP) is 3.30. The van der Waals surface area contributed by atoms with Gasteiger partial charge in [-0.3, -0.25) is 14.9 Å². The Morgan fingerprint density at radius 3 is 2.95 bits per heavy atom. The second-order valence-electron chi connectivity index (χ2n) is 5.29. The molecule has 0 radical (unpaired) electrons. The van der Waals surface area contributed by atoms with Gasteiger partial charge in [-0.2, -0.15) is 0 Å². The van der Waals surface area contributed by atoms with Crippen LogP contribution >= 0.6 is 11.6 Å². The van der Waals surface area contributed by atoms with Crippen molar-refractivity contribution in [3.8, 4) is 0 Å². The smallest absolute Gasteiger partial charge is 0.288 e. The molecule has 114 valence electrons. The van der Waals surface area contributed by atoms with Crippen LogP contribution in [0.25, 0.3) is 0 Å². The van der Waals surface area contributed by atoms with Gasteiger partial charge in [-0.05, 0) is 25.2 Å². The summed E-state index contributed by atoms with van der Waals surface area (Å²) in [5.74, 6) is 0.370. The average Bonchev–Trinajstić information content (AvgIpc) is 2.72. The number of aromatic nitrogens is 1. The number of carbonyl (C=O) groups is 1. The highest BCUT2D eigenvalue weighted by Crippen LogP contribution is 2.24. The molecular weight excluding hydrogens is 294 g/mol. The molecule has 0 saturated carbocycles. The molecule has 7 heteroatoms. The molecule has 2 rings (SSSR count). The second-order valence-corrected chi connectivity index (χ2v) is 5.64. The van der Waals surface area contributed by atoms with Crippen LogP contribution in [0.3, 0.4) is 0 Å². The Balaban J connectivity index is 2.19. The van der Waals surface area contributed by atoms with Crippen molar-refractivity contribution in [2.45, 2.75) is 32.6 Å². The van der Waals surface area contributed by atoms with E-state index in [1.54, 1.807) is 4.90 Å². The van der Waals surface area contributed by atoms with E-state index in [1.807, 2.05) is 0 Å². The normalized spacial score (nSPS) is 19.1. The van der Waals surface area contributed by atoms with Crippen molar-refractivity contribution < 1.29 is 9.72 Å². The largest absolute Gasteiger partial charge is 0.339 e. The van der Waals surface area contributed by atoms with Crippen LogP contribution in [0.1, 0.15) is 43.0 Å². The maximum atomic E-state index is 12.5. The molecule has 1 fully saturated rings. The molecule has 1 aliphatic heterocycles. The topological polar surface area (TPSA) is 76.3 Å². The van der Waals surface area contributed by atoms with Gasteiger partial charge >= 0.3 is 0 Å². The zero-order valence-corrected chi connectivity index (χ0v) is 12.7. The Kier molecular flexibility index (Phi) is 5.12. The number of nitro groups is 1. The van der Waals surface area contributed by atoms with E-state index in [1.165, 1.54) is 6.07 Å². The maximum Gasteiger partial charge on any atom is 0.288 e. The fraction of sp³-hybridized carbons (Fsp3) is 0.571. The Morgan fingerprint density at radius 2 is 2.29 bits per heavy atom. The molecule has 1 saturated heterocycles. The van der Waals surface area contributed by atoms with Gasteiger partial charge in [0.25, 0.3) is 11.6 Å². The highest BCUT2D eigenvalue weighted by atomic mass is 35.5. The van der Waals surface area contributed by atoms with E-state index < -0.39 is 4.92 Å². The van der Waals surface area contributed by atoms with E-state index in [4.69, 9.17) is 11.6 Å². The third-order valence-corrected chi connectivity index (χ3v) is 4.28. The SMILES string of the molecule is CCC1CCCN(C(=O)c2cc([N+](=O)[O-])cnc2Cl)CC1. The predicted molar refractivity (Wildman–Crippen MR) is 79.4 cm³/mol. The van der Waals surface area contributed by atoms with E-state index in [-0.39, 0.29) is 22.3 Å².